The first kappa shape index (κ1) is 28.8. The number of Topliss-reactive ketones (excluding diaryl/α,β-unsaturated/α-hetero) is 1. The molecule has 0 N–H and O–H groups in total. The van der Waals surface area contributed by atoms with Crippen molar-refractivity contribution in [1.29, 1.82) is 0 Å². The van der Waals surface area contributed by atoms with Crippen LogP contribution in [0.2, 0.25) is 39.3 Å². The van der Waals surface area contributed by atoms with Crippen LogP contribution >= 0.6 is 0 Å². The van der Waals surface area contributed by atoms with E-state index in [0.717, 1.165) is 44.9 Å². The lowest BCUT2D eigenvalue weighted by molar-refractivity contribution is -0.165. The van der Waals surface area contributed by atoms with E-state index in [-0.39, 0.29) is 23.2 Å². The van der Waals surface area contributed by atoms with Crippen molar-refractivity contribution >= 4 is 28.4 Å². The van der Waals surface area contributed by atoms with Gasteiger partial charge in [-0.1, -0.05) is 19.4 Å². The first-order chi connectivity index (χ1) is 16.9. The zero-order valence-corrected chi connectivity index (χ0v) is 27.0. The molecule has 0 amide bonds. The van der Waals surface area contributed by atoms with Crippen LogP contribution in [0.4, 0.5) is 0 Å². The predicted molar refractivity (Wildman–Crippen MR) is 153 cm³/mol. The van der Waals surface area contributed by atoms with Crippen molar-refractivity contribution in [2.45, 2.75) is 118 Å². The lowest BCUT2D eigenvalue weighted by Gasteiger charge is -2.60. The number of carbonyl (C=O) groups excluding carboxylic acids is 2. The monoisotopic (exact) mass is 546 g/mol. The molecule has 5 nitrogen and oxygen atoms in total. The largest absolute Gasteiger partial charge is 0.547 e. The molecule has 0 heterocycles. The molecule has 0 bridgehead atoms. The third-order valence-corrected chi connectivity index (χ3v) is 11.8. The topological polar surface area (TPSA) is 61.8 Å². The quantitative estimate of drug-likeness (QED) is 0.246. The molecule has 0 saturated heterocycles. The van der Waals surface area contributed by atoms with Gasteiger partial charge in [-0.15, -0.1) is 0 Å². The molecule has 0 aliphatic heterocycles. The van der Waals surface area contributed by atoms with Crippen LogP contribution in [0, 0.1) is 28.6 Å². The SMILES string of the molecule is CC(=O)OCC(=O)C1(O[Si](C)(C)C)CCC2C3CC(C)=C4C=C(O[Si](C)(C)C)CCC4(C)C3CCC21C. The summed E-state index contributed by atoms with van der Waals surface area (Å²) in [4.78, 5) is 25.5. The lowest BCUT2D eigenvalue weighted by atomic mass is 9.46. The molecule has 0 aromatic carbocycles. The van der Waals surface area contributed by atoms with Crippen molar-refractivity contribution in [2.24, 2.45) is 28.6 Å². The van der Waals surface area contributed by atoms with Crippen LogP contribution in [-0.4, -0.2) is 40.6 Å². The highest BCUT2D eigenvalue weighted by Gasteiger charge is 2.68. The molecule has 2 fully saturated rings. The van der Waals surface area contributed by atoms with Crippen LogP contribution in [0.3, 0.4) is 0 Å². The molecule has 208 valence electrons. The molecule has 6 unspecified atom stereocenters. The van der Waals surface area contributed by atoms with Crippen LogP contribution in [0.1, 0.15) is 72.6 Å². The summed E-state index contributed by atoms with van der Waals surface area (Å²) in [5.41, 5.74) is 2.08. The zero-order valence-electron chi connectivity index (χ0n) is 25.0. The van der Waals surface area contributed by atoms with Crippen molar-refractivity contribution in [3.8, 4) is 0 Å². The number of hydrogen-bond donors (Lipinski definition) is 0. The van der Waals surface area contributed by atoms with E-state index in [2.05, 4.69) is 66.1 Å². The third-order valence-electron chi connectivity index (χ3n) is 9.96. The molecular formula is C30H50O5Si2. The zero-order chi connectivity index (χ0) is 27.6. The molecule has 4 aliphatic carbocycles. The van der Waals surface area contributed by atoms with Crippen molar-refractivity contribution < 1.29 is 23.2 Å². The van der Waals surface area contributed by atoms with E-state index < -0.39 is 28.2 Å². The van der Waals surface area contributed by atoms with E-state index in [9.17, 15) is 9.59 Å². The smallest absolute Gasteiger partial charge is 0.303 e. The van der Waals surface area contributed by atoms with E-state index in [1.54, 1.807) is 0 Å². The fraction of sp³-hybridized carbons (Fsp3) is 0.800. The van der Waals surface area contributed by atoms with E-state index in [0.29, 0.717) is 17.8 Å². The first-order valence-electron chi connectivity index (χ1n) is 14.4. The van der Waals surface area contributed by atoms with Crippen molar-refractivity contribution in [2.75, 3.05) is 6.61 Å². The summed E-state index contributed by atoms with van der Waals surface area (Å²) < 4.78 is 18.6. The molecule has 0 spiro atoms. The van der Waals surface area contributed by atoms with Gasteiger partial charge in [-0.2, -0.15) is 0 Å². The van der Waals surface area contributed by atoms with Gasteiger partial charge in [0.25, 0.3) is 0 Å². The molecule has 7 heteroatoms. The van der Waals surface area contributed by atoms with Crippen molar-refractivity contribution in [1.82, 2.24) is 0 Å². The Bertz CT molecular complexity index is 1020. The fourth-order valence-electron chi connectivity index (χ4n) is 8.70. The normalized spacial score (nSPS) is 37.8. The number of esters is 1. The van der Waals surface area contributed by atoms with E-state index in [1.165, 1.54) is 23.8 Å². The maximum absolute atomic E-state index is 13.9. The van der Waals surface area contributed by atoms with Crippen LogP contribution < -0.4 is 0 Å². The molecule has 0 aromatic rings. The summed E-state index contributed by atoms with van der Waals surface area (Å²) >= 11 is 0. The average molecular weight is 547 g/mol. The van der Waals surface area contributed by atoms with Gasteiger partial charge >= 0.3 is 5.97 Å². The minimum Gasteiger partial charge on any atom is -0.547 e. The highest BCUT2D eigenvalue weighted by atomic mass is 28.4. The molecule has 4 rings (SSSR count). The summed E-state index contributed by atoms with van der Waals surface area (Å²) in [6, 6.07) is 0. The summed E-state index contributed by atoms with van der Waals surface area (Å²) in [6.07, 6.45) is 9.49. The lowest BCUT2D eigenvalue weighted by Crippen LogP contribution is -2.61. The maximum Gasteiger partial charge on any atom is 0.303 e. The van der Waals surface area contributed by atoms with E-state index >= 15 is 0 Å². The number of rotatable bonds is 7. The minimum absolute atomic E-state index is 0.0303. The Kier molecular flexibility index (Phi) is 7.38. The predicted octanol–water partition coefficient (Wildman–Crippen LogP) is 7.41. The summed E-state index contributed by atoms with van der Waals surface area (Å²) in [5.74, 6) is 2.34. The van der Waals surface area contributed by atoms with Gasteiger partial charge in [0.05, 0.1) is 5.76 Å². The molecular weight excluding hydrogens is 496 g/mol. The Labute approximate surface area is 227 Å². The number of ether oxygens (including phenoxy) is 1. The second-order valence-electron chi connectivity index (χ2n) is 14.8. The number of ketones is 1. The molecule has 4 aliphatic rings. The minimum atomic E-state index is -2.05. The maximum atomic E-state index is 13.9. The first-order valence-corrected chi connectivity index (χ1v) is 21.2. The summed E-state index contributed by atoms with van der Waals surface area (Å²) in [5, 5.41) is 0. The Morgan fingerprint density at radius 1 is 0.973 bits per heavy atom. The molecule has 6 atom stereocenters. The van der Waals surface area contributed by atoms with Crippen LogP contribution in [-0.2, 0) is 23.2 Å². The highest BCUT2D eigenvalue weighted by Crippen LogP contribution is 2.69. The van der Waals surface area contributed by atoms with Gasteiger partial charge in [-0.3, -0.25) is 9.59 Å². The molecule has 0 aromatic heterocycles. The fourth-order valence-corrected chi connectivity index (χ4v) is 11.1. The van der Waals surface area contributed by atoms with Gasteiger partial charge in [0, 0.05) is 18.8 Å². The number of carbonyl (C=O) groups is 2. The number of fused-ring (bicyclic) bond motifs is 5. The van der Waals surface area contributed by atoms with E-state index in [4.69, 9.17) is 13.6 Å². The van der Waals surface area contributed by atoms with Gasteiger partial charge in [-0.25, -0.2) is 0 Å². The van der Waals surface area contributed by atoms with Crippen LogP contribution in [0.25, 0.3) is 0 Å². The molecule has 2 saturated carbocycles. The van der Waals surface area contributed by atoms with Crippen molar-refractivity contribution in [3.63, 3.8) is 0 Å². The van der Waals surface area contributed by atoms with Gasteiger partial charge in [0.15, 0.2) is 14.9 Å². The van der Waals surface area contributed by atoms with Gasteiger partial charge in [0.2, 0.25) is 14.1 Å². The average Bonchev–Trinajstić information content (AvgIpc) is 3.04. The number of hydrogen-bond acceptors (Lipinski definition) is 5. The highest BCUT2D eigenvalue weighted by molar-refractivity contribution is 6.70. The third kappa shape index (κ3) is 5.09. The standard InChI is InChI=1S/C30H50O5Si2/c1-20-17-23-24(28(3)14-11-22(18-26(20)28)34-36(5,6)7)12-15-29(4)25(23)13-16-30(29,35-37(8,9)10)27(32)19-33-21(2)31/h18,23-25H,11-17,19H2,1-10H3. The second kappa shape index (κ2) is 9.48. The summed E-state index contributed by atoms with van der Waals surface area (Å²) in [7, 11) is -3.69. The second-order valence-corrected chi connectivity index (χ2v) is 23.6. The van der Waals surface area contributed by atoms with Gasteiger partial charge in [-0.05, 0) is 120 Å². The Hall–Kier alpha value is -1.19. The molecule has 0 radical (unpaired) electrons. The van der Waals surface area contributed by atoms with Gasteiger partial charge < -0.3 is 13.6 Å². The van der Waals surface area contributed by atoms with Crippen LogP contribution in [0.15, 0.2) is 23.0 Å². The summed E-state index contributed by atoms with van der Waals surface area (Å²) in [6.45, 7) is 21.7. The van der Waals surface area contributed by atoms with E-state index in [1.807, 2.05) is 0 Å². The Balaban J connectivity index is 1.70. The van der Waals surface area contributed by atoms with Crippen LogP contribution in [0.5, 0.6) is 0 Å². The number of allylic oxidation sites excluding steroid dienone is 4. The van der Waals surface area contributed by atoms with Gasteiger partial charge in [0.1, 0.15) is 5.60 Å². The Morgan fingerprint density at radius 3 is 2.22 bits per heavy atom. The Morgan fingerprint density at radius 2 is 1.62 bits per heavy atom. The molecule has 37 heavy (non-hydrogen) atoms. The van der Waals surface area contributed by atoms with Crippen molar-refractivity contribution in [3.05, 3.63) is 23.0 Å².